The average Bonchev–Trinajstić information content (AvgIpc) is 3.02. The van der Waals surface area contributed by atoms with Crippen LogP contribution in [0.2, 0.25) is 0 Å². The summed E-state index contributed by atoms with van der Waals surface area (Å²) in [5.74, 6) is 2.16. The summed E-state index contributed by atoms with van der Waals surface area (Å²) in [5, 5.41) is 11.7. The first-order valence-electron chi connectivity index (χ1n) is 8.69. The maximum atomic E-state index is 5.40. The van der Waals surface area contributed by atoms with E-state index in [2.05, 4.69) is 50.5 Å². The molecule has 1 unspecified atom stereocenters. The lowest BCUT2D eigenvalue weighted by molar-refractivity contribution is 0.410. The second kappa shape index (κ2) is 7.00. The van der Waals surface area contributed by atoms with Crippen molar-refractivity contribution in [3.63, 3.8) is 0 Å². The molecule has 0 saturated heterocycles. The molecule has 0 aliphatic carbocycles. The van der Waals surface area contributed by atoms with Crippen LogP contribution >= 0.6 is 0 Å². The van der Waals surface area contributed by atoms with Gasteiger partial charge in [-0.15, -0.1) is 5.10 Å². The third kappa shape index (κ3) is 3.06. The van der Waals surface area contributed by atoms with Gasteiger partial charge in [0.15, 0.2) is 5.82 Å². The molecule has 6 heteroatoms. The van der Waals surface area contributed by atoms with Crippen LogP contribution in [0.4, 0.5) is 17.5 Å². The molecule has 0 fully saturated rings. The first-order chi connectivity index (χ1) is 12.8. The molecule has 2 aromatic carbocycles. The van der Waals surface area contributed by atoms with Crippen molar-refractivity contribution in [2.24, 2.45) is 0 Å². The van der Waals surface area contributed by atoms with Gasteiger partial charge < -0.3 is 15.0 Å². The Bertz CT molecular complexity index is 914. The largest absolute Gasteiger partial charge is 0.496 e. The quantitative estimate of drug-likeness (QED) is 0.761. The first-order valence-corrected chi connectivity index (χ1v) is 8.69. The molecule has 6 nitrogen and oxygen atoms in total. The van der Waals surface area contributed by atoms with Crippen LogP contribution in [0.15, 0.2) is 54.7 Å². The normalized spacial score (nSPS) is 15.6. The lowest BCUT2D eigenvalue weighted by atomic mass is 10.1. The topological polar surface area (TPSA) is 63.2 Å². The molecule has 0 bridgehead atoms. The van der Waals surface area contributed by atoms with E-state index in [0.29, 0.717) is 24.4 Å². The van der Waals surface area contributed by atoms with Crippen molar-refractivity contribution in [1.82, 2.24) is 15.2 Å². The highest BCUT2D eigenvalue weighted by molar-refractivity contribution is 5.67. The second-order valence-electron chi connectivity index (χ2n) is 6.36. The molecule has 1 N–H and O–H groups in total. The number of nitrogens with one attached hydrogen (secondary N) is 1. The minimum absolute atomic E-state index is 0.304. The lowest BCUT2D eigenvalue weighted by Gasteiger charge is -2.22. The van der Waals surface area contributed by atoms with Crippen molar-refractivity contribution in [2.45, 2.75) is 25.9 Å². The second-order valence-corrected chi connectivity index (χ2v) is 6.36. The fourth-order valence-corrected chi connectivity index (χ4v) is 3.39. The Labute approximate surface area is 152 Å². The van der Waals surface area contributed by atoms with Crippen LogP contribution in [0.3, 0.4) is 0 Å². The zero-order chi connectivity index (χ0) is 17.9. The van der Waals surface area contributed by atoms with Gasteiger partial charge in [0, 0.05) is 23.8 Å². The van der Waals surface area contributed by atoms with Gasteiger partial charge in [-0.3, -0.25) is 0 Å². The van der Waals surface area contributed by atoms with E-state index in [1.54, 1.807) is 13.3 Å². The number of hydrogen-bond acceptors (Lipinski definition) is 6. The Kier molecular flexibility index (Phi) is 4.39. The van der Waals surface area contributed by atoms with E-state index in [0.717, 1.165) is 23.4 Å². The Morgan fingerprint density at radius 3 is 2.85 bits per heavy atom. The third-order valence-corrected chi connectivity index (χ3v) is 4.62. The summed E-state index contributed by atoms with van der Waals surface area (Å²) in [6.45, 7) is 2.78. The Morgan fingerprint density at radius 1 is 1.15 bits per heavy atom. The fourth-order valence-electron chi connectivity index (χ4n) is 3.39. The van der Waals surface area contributed by atoms with Crippen molar-refractivity contribution >= 4 is 17.5 Å². The number of aromatic nitrogens is 3. The van der Waals surface area contributed by atoms with E-state index in [4.69, 9.17) is 4.74 Å². The molecule has 1 aliphatic heterocycles. The summed E-state index contributed by atoms with van der Waals surface area (Å²) in [5.41, 5.74) is 3.54. The van der Waals surface area contributed by atoms with Gasteiger partial charge >= 0.3 is 0 Å². The maximum absolute atomic E-state index is 5.40. The summed E-state index contributed by atoms with van der Waals surface area (Å²) >= 11 is 0. The predicted octanol–water partition coefficient (Wildman–Crippen LogP) is 3.58. The molecule has 1 aliphatic rings. The number of para-hydroxylation sites is 2. The molecule has 0 amide bonds. The minimum atomic E-state index is 0.304. The SMILES string of the molecule is COc1ccccc1CNc1cnnc(N2c3ccccc3CC2C)n1. The number of methoxy groups -OCH3 is 1. The van der Waals surface area contributed by atoms with Crippen molar-refractivity contribution in [3.8, 4) is 5.75 Å². The molecule has 1 aromatic heterocycles. The third-order valence-electron chi connectivity index (χ3n) is 4.62. The predicted molar refractivity (Wildman–Crippen MR) is 102 cm³/mol. The van der Waals surface area contributed by atoms with Crippen LogP contribution in [-0.2, 0) is 13.0 Å². The molecule has 132 valence electrons. The molecule has 0 radical (unpaired) electrons. The fraction of sp³-hybridized carbons (Fsp3) is 0.250. The van der Waals surface area contributed by atoms with E-state index in [1.165, 1.54) is 5.56 Å². The van der Waals surface area contributed by atoms with Crippen molar-refractivity contribution < 1.29 is 4.74 Å². The minimum Gasteiger partial charge on any atom is -0.496 e. The van der Waals surface area contributed by atoms with E-state index in [1.807, 2.05) is 30.3 Å². The van der Waals surface area contributed by atoms with Crippen molar-refractivity contribution in [1.29, 1.82) is 0 Å². The van der Waals surface area contributed by atoms with Gasteiger partial charge in [0.1, 0.15) is 5.75 Å². The standard InChI is InChI=1S/C20H21N5O/c1-14-11-15-7-3-5-9-17(15)25(14)20-23-19(13-22-24-20)21-12-16-8-4-6-10-18(16)26-2/h3-10,13-14H,11-12H2,1-2H3,(H,21,23,24). The monoisotopic (exact) mass is 347 g/mol. The van der Waals surface area contributed by atoms with E-state index < -0.39 is 0 Å². The number of anilines is 3. The number of fused-ring (bicyclic) bond motifs is 1. The van der Waals surface area contributed by atoms with Gasteiger partial charge in [-0.1, -0.05) is 36.4 Å². The maximum Gasteiger partial charge on any atom is 0.252 e. The highest BCUT2D eigenvalue weighted by Crippen LogP contribution is 2.36. The van der Waals surface area contributed by atoms with Gasteiger partial charge in [-0.2, -0.15) is 10.1 Å². The zero-order valence-electron chi connectivity index (χ0n) is 14.9. The van der Waals surface area contributed by atoms with Crippen LogP contribution in [0, 0.1) is 0 Å². The van der Waals surface area contributed by atoms with Gasteiger partial charge in [0.05, 0.1) is 13.3 Å². The molecule has 0 spiro atoms. The van der Waals surface area contributed by atoms with E-state index in [9.17, 15) is 0 Å². The van der Waals surface area contributed by atoms with Gasteiger partial charge in [0.25, 0.3) is 5.95 Å². The Morgan fingerprint density at radius 2 is 1.96 bits per heavy atom. The van der Waals surface area contributed by atoms with Crippen molar-refractivity contribution in [2.75, 3.05) is 17.3 Å². The average molecular weight is 347 g/mol. The summed E-state index contributed by atoms with van der Waals surface area (Å²) < 4.78 is 5.40. The molecule has 2 heterocycles. The van der Waals surface area contributed by atoms with Crippen LogP contribution in [0.25, 0.3) is 0 Å². The molecular formula is C20H21N5O. The van der Waals surface area contributed by atoms with Crippen molar-refractivity contribution in [3.05, 3.63) is 65.9 Å². The summed E-state index contributed by atoms with van der Waals surface area (Å²) in [4.78, 5) is 6.82. The Hall–Kier alpha value is -3.15. The van der Waals surface area contributed by atoms with E-state index >= 15 is 0 Å². The summed E-state index contributed by atoms with van der Waals surface area (Å²) in [6, 6.07) is 16.6. The highest BCUT2D eigenvalue weighted by Gasteiger charge is 2.29. The number of ether oxygens (including phenoxy) is 1. The highest BCUT2D eigenvalue weighted by atomic mass is 16.5. The van der Waals surface area contributed by atoms with Crippen LogP contribution in [0.1, 0.15) is 18.1 Å². The van der Waals surface area contributed by atoms with Crippen LogP contribution in [-0.4, -0.2) is 28.3 Å². The first kappa shape index (κ1) is 16.3. The van der Waals surface area contributed by atoms with Gasteiger partial charge in [-0.25, -0.2) is 0 Å². The summed E-state index contributed by atoms with van der Waals surface area (Å²) in [7, 11) is 1.68. The molecule has 1 atom stereocenters. The lowest BCUT2D eigenvalue weighted by Crippen LogP contribution is -2.26. The number of nitrogens with zero attached hydrogens (tertiary/aromatic N) is 4. The van der Waals surface area contributed by atoms with Gasteiger partial charge in [0.2, 0.25) is 0 Å². The molecule has 0 saturated carbocycles. The summed E-state index contributed by atoms with van der Waals surface area (Å²) in [6.07, 6.45) is 2.63. The van der Waals surface area contributed by atoms with Crippen LogP contribution < -0.4 is 15.0 Å². The molecular weight excluding hydrogens is 326 g/mol. The number of hydrogen-bond donors (Lipinski definition) is 1. The molecule has 3 aromatic rings. The van der Waals surface area contributed by atoms with E-state index in [-0.39, 0.29) is 0 Å². The number of benzene rings is 2. The molecule has 26 heavy (non-hydrogen) atoms. The number of rotatable bonds is 5. The van der Waals surface area contributed by atoms with Crippen LogP contribution in [0.5, 0.6) is 5.75 Å². The Balaban J connectivity index is 1.56. The smallest absolute Gasteiger partial charge is 0.252 e. The zero-order valence-corrected chi connectivity index (χ0v) is 14.9. The van der Waals surface area contributed by atoms with Gasteiger partial charge in [-0.05, 0) is 31.0 Å². The molecule has 4 rings (SSSR count).